The third kappa shape index (κ3) is 2.76. The van der Waals surface area contributed by atoms with Gasteiger partial charge in [0.2, 0.25) is 0 Å². The van der Waals surface area contributed by atoms with Gasteiger partial charge in [0.05, 0.1) is 17.1 Å². The van der Waals surface area contributed by atoms with Gasteiger partial charge in [0, 0.05) is 36.4 Å². The van der Waals surface area contributed by atoms with Crippen molar-refractivity contribution in [1.82, 2.24) is 9.88 Å². The van der Waals surface area contributed by atoms with Crippen LogP contribution in [0.5, 0.6) is 0 Å². The highest BCUT2D eigenvalue weighted by atomic mass is 35.5. The fraction of sp³-hybridized carbons (Fsp3) is 0.333. The number of benzene rings is 1. The zero-order valence-electron chi connectivity index (χ0n) is 11.1. The van der Waals surface area contributed by atoms with Gasteiger partial charge in [-0.1, -0.05) is 17.7 Å². The molecule has 0 radical (unpaired) electrons. The average molecular weight is 290 g/mol. The molecule has 4 nitrogen and oxygen atoms in total. The van der Waals surface area contributed by atoms with Crippen molar-refractivity contribution in [2.75, 3.05) is 25.0 Å². The zero-order chi connectivity index (χ0) is 13.9. The summed E-state index contributed by atoms with van der Waals surface area (Å²) in [6.07, 6.45) is 3.66. The van der Waals surface area contributed by atoms with Crippen molar-refractivity contribution in [2.45, 2.75) is 12.5 Å². The Labute approximate surface area is 122 Å². The number of likely N-dealkylation sites (tertiary alicyclic amines) is 1. The van der Waals surface area contributed by atoms with Gasteiger partial charge in [-0.2, -0.15) is 0 Å². The Kier molecular flexibility index (Phi) is 3.85. The average Bonchev–Trinajstić information content (AvgIpc) is 2.87. The number of nitrogens with zero attached hydrogens (tertiary/aromatic N) is 2. The SMILES string of the molecule is O=CCN1CC[C@@H](Nc2cccc3ncc(Cl)cc23)C1. The second-order valence-corrected chi connectivity index (χ2v) is 5.52. The Morgan fingerprint density at radius 2 is 2.40 bits per heavy atom. The van der Waals surface area contributed by atoms with Crippen molar-refractivity contribution in [3.63, 3.8) is 0 Å². The molecule has 0 saturated carbocycles. The van der Waals surface area contributed by atoms with E-state index >= 15 is 0 Å². The lowest BCUT2D eigenvalue weighted by atomic mass is 10.1. The van der Waals surface area contributed by atoms with E-state index in [1.165, 1.54) is 0 Å². The monoisotopic (exact) mass is 289 g/mol. The molecule has 0 spiro atoms. The van der Waals surface area contributed by atoms with Gasteiger partial charge in [0.15, 0.2) is 0 Å². The third-order valence-electron chi connectivity index (χ3n) is 3.66. The number of aldehydes is 1. The Bertz CT molecular complexity index is 632. The Balaban J connectivity index is 1.81. The van der Waals surface area contributed by atoms with Crippen LogP contribution in [0.2, 0.25) is 5.02 Å². The molecule has 1 fully saturated rings. The van der Waals surface area contributed by atoms with Crippen molar-refractivity contribution < 1.29 is 4.79 Å². The normalized spacial score (nSPS) is 19.4. The highest BCUT2D eigenvalue weighted by Crippen LogP contribution is 2.26. The molecule has 5 heteroatoms. The lowest BCUT2D eigenvalue weighted by Gasteiger charge is -2.16. The number of rotatable bonds is 4. The van der Waals surface area contributed by atoms with Crippen molar-refractivity contribution in [1.29, 1.82) is 0 Å². The van der Waals surface area contributed by atoms with Crippen LogP contribution in [0.15, 0.2) is 30.5 Å². The van der Waals surface area contributed by atoms with Gasteiger partial charge in [-0.3, -0.25) is 9.88 Å². The van der Waals surface area contributed by atoms with Gasteiger partial charge in [-0.25, -0.2) is 0 Å². The highest BCUT2D eigenvalue weighted by molar-refractivity contribution is 6.31. The van der Waals surface area contributed by atoms with Gasteiger partial charge in [0.1, 0.15) is 6.29 Å². The van der Waals surface area contributed by atoms with Crippen LogP contribution in [0.3, 0.4) is 0 Å². The summed E-state index contributed by atoms with van der Waals surface area (Å²) >= 11 is 6.03. The predicted molar refractivity (Wildman–Crippen MR) is 81.3 cm³/mol. The number of hydrogen-bond acceptors (Lipinski definition) is 4. The maximum atomic E-state index is 10.6. The first-order valence-corrected chi connectivity index (χ1v) is 7.11. The standard InChI is InChI=1S/C15H16ClN3O/c16-11-8-13-14(17-9-11)2-1-3-15(13)18-12-4-5-19(10-12)6-7-20/h1-3,7-9,12,18H,4-6,10H2/t12-/m1/s1. The fourth-order valence-electron chi connectivity index (χ4n) is 2.69. The minimum Gasteiger partial charge on any atom is -0.380 e. The first-order valence-electron chi connectivity index (χ1n) is 6.73. The second kappa shape index (κ2) is 5.77. The lowest BCUT2D eigenvalue weighted by Crippen LogP contribution is -2.27. The van der Waals surface area contributed by atoms with Crippen LogP contribution in [0.25, 0.3) is 10.9 Å². The number of carbonyl (C=O) groups is 1. The first-order chi connectivity index (χ1) is 9.76. The van der Waals surface area contributed by atoms with Gasteiger partial charge in [-0.05, 0) is 24.6 Å². The molecule has 2 aromatic rings. The molecule has 1 aliphatic rings. The van der Waals surface area contributed by atoms with E-state index < -0.39 is 0 Å². The van der Waals surface area contributed by atoms with Crippen LogP contribution in [-0.4, -0.2) is 41.8 Å². The van der Waals surface area contributed by atoms with Gasteiger partial charge < -0.3 is 10.1 Å². The lowest BCUT2D eigenvalue weighted by molar-refractivity contribution is -0.108. The number of halogens is 1. The number of carbonyl (C=O) groups excluding carboxylic acids is 1. The van der Waals surface area contributed by atoms with Gasteiger partial charge in [-0.15, -0.1) is 0 Å². The zero-order valence-corrected chi connectivity index (χ0v) is 11.8. The smallest absolute Gasteiger partial charge is 0.133 e. The van der Waals surface area contributed by atoms with E-state index in [4.69, 9.17) is 11.6 Å². The number of aromatic nitrogens is 1. The van der Waals surface area contributed by atoms with Crippen LogP contribution < -0.4 is 5.32 Å². The highest BCUT2D eigenvalue weighted by Gasteiger charge is 2.22. The summed E-state index contributed by atoms with van der Waals surface area (Å²) in [5, 5.41) is 5.22. The van der Waals surface area contributed by atoms with Crippen molar-refractivity contribution in [2.24, 2.45) is 0 Å². The molecular weight excluding hydrogens is 274 g/mol. The quantitative estimate of drug-likeness (QED) is 0.879. The number of fused-ring (bicyclic) bond motifs is 1. The molecule has 1 saturated heterocycles. The molecule has 0 amide bonds. The second-order valence-electron chi connectivity index (χ2n) is 5.08. The Morgan fingerprint density at radius 3 is 3.25 bits per heavy atom. The maximum absolute atomic E-state index is 10.6. The molecule has 2 heterocycles. The van der Waals surface area contributed by atoms with Crippen LogP contribution in [0.4, 0.5) is 5.69 Å². The third-order valence-corrected chi connectivity index (χ3v) is 3.86. The van der Waals surface area contributed by atoms with Crippen molar-refractivity contribution >= 4 is 34.5 Å². The van der Waals surface area contributed by atoms with E-state index in [0.29, 0.717) is 17.6 Å². The molecule has 1 aromatic carbocycles. The molecule has 1 aliphatic heterocycles. The first kappa shape index (κ1) is 13.3. The van der Waals surface area contributed by atoms with E-state index in [-0.39, 0.29) is 0 Å². The molecule has 0 unspecified atom stereocenters. The van der Waals surface area contributed by atoms with E-state index in [1.54, 1.807) is 6.20 Å². The predicted octanol–water partition coefficient (Wildman–Crippen LogP) is 2.57. The molecule has 20 heavy (non-hydrogen) atoms. The summed E-state index contributed by atoms with van der Waals surface area (Å²) in [5.74, 6) is 0. The number of anilines is 1. The maximum Gasteiger partial charge on any atom is 0.133 e. The van der Waals surface area contributed by atoms with E-state index in [2.05, 4.69) is 15.2 Å². The molecule has 104 valence electrons. The summed E-state index contributed by atoms with van der Waals surface area (Å²) in [4.78, 5) is 17.0. The van der Waals surface area contributed by atoms with Gasteiger partial charge >= 0.3 is 0 Å². The molecule has 1 N–H and O–H groups in total. The van der Waals surface area contributed by atoms with Crippen molar-refractivity contribution in [3.05, 3.63) is 35.5 Å². The molecule has 0 aliphatic carbocycles. The summed E-state index contributed by atoms with van der Waals surface area (Å²) in [5.41, 5.74) is 1.98. The van der Waals surface area contributed by atoms with Gasteiger partial charge in [0.25, 0.3) is 0 Å². The Hall–Kier alpha value is -1.65. The number of nitrogens with one attached hydrogen (secondary N) is 1. The topological polar surface area (TPSA) is 45.2 Å². The van der Waals surface area contributed by atoms with E-state index in [9.17, 15) is 4.79 Å². The van der Waals surface area contributed by atoms with Crippen LogP contribution >= 0.6 is 11.6 Å². The molecule has 1 atom stereocenters. The van der Waals surface area contributed by atoms with Crippen LogP contribution in [0, 0.1) is 0 Å². The largest absolute Gasteiger partial charge is 0.380 e. The summed E-state index contributed by atoms with van der Waals surface area (Å²) in [6.45, 7) is 2.37. The van der Waals surface area contributed by atoms with E-state index in [0.717, 1.165) is 42.4 Å². The van der Waals surface area contributed by atoms with Crippen molar-refractivity contribution in [3.8, 4) is 0 Å². The summed E-state index contributed by atoms with van der Waals surface area (Å²) in [7, 11) is 0. The molecule has 1 aromatic heterocycles. The van der Waals surface area contributed by atoms with Crippen LogP contribution in [-0.2, 0) is 4.79 Å². The molecule has 0 bridgehead atoms. The summed E-state index contributed by atoms with van der Waals surface area (Å²) < 4.78 is 0. The van der Waals surface area contributed by atoms with Crippen LogP contribution in [0.1, 0.15) is 6.42 Å². The molecule has 3 rings (SSSR count). The number of pyridine rings is 1. The minimum atomic E-state index is 0.361. The minimum absolute atomic E-state index is 0.361. The number of hydrogen-bond donors (Lipinski definition) is 1. The summed E-state index contributed by atoms with van der Waals surface area (Å²) in [6, 6.07) is 8.31. The Morgan fingerprint density at radius 1 is 1.50 bits per heavy atom. The fourth-order valence-corrected chi connectivity index (χ4v) is 2.85. The molecular formula is C15H16ClN3O. The van der Waals surface area contributed by atoms with E-state index in [1.807, 2.05) is 24.3 Å².